The van der Waals surface area contributed by atoms with Crippen LogP contribution in [0.2, 0.25) is 0 Å². The van der Waals surface area contributed by atoms with E-state index in [1.165, 1.54) is 0 Å². The van der Waals surface area contributed by atoms with E-state index in [-0.39, 0.29) is 0 Å². The van der Waals surface area contributed by atoms with Gasteiger partial charge in [0.1, 0.15) is 10.6 Å². The van der Waals surface area contributed by atoms with Gasteiger partial charge in [0.15, 0.2) is 5.82 Å². The van der Waals surface area contributed by atoms with Gasteiger partial charge in [-0.15, -0.1) is 0 Å². The zero-order chi connectivity index (χ0) is 10.9. The van der Waals surface area contributed by atoms with Crippen molar-refractivity contribution in [2.45, 2.75) is 11.3 Å². The molecule has 0 aliphatic rings. The Morgan fingerprint density at radius 3 is 2.36 bits per heavy atom. The number of nitrogens with zero attached hydrogens (tertiary/aromatic N) is 1. The average Bonchev–Trinajstić information content (AvgIpc) is 2.01. The van der Waals surface area contributed by atoms with Gasteiger partial charge in [-0.3, -0.25) is 4.98 Å². The van der Waals surface area contributed by atoms with Gasteiger partial charge in [0.2, 0.25) is 0 Å². The highest BCUT2D eigenvalue weighted by Gasteiger charge is 2.19. The molecule has 0 aliphatic carbocycles. The van der Waals surface area contributed by atoms with E-state index in [2.05, 4.69) is 4.98 Å². The lowest BCUT2D eigenvalue weighted by Crippen LogP contribution is -1.99. The van der Waals surface area contributed by atoms with E-state index in [0.717, 1.165) is 0 Å². The van der Waals surface area contributed by atoms with E-state index in [1.807, 2.05) is 0 Å². The molecule has 0 saturated carbocycles. The zero-order valence-electron chi connectivity index (χ0n) is 6.42. The van der Waals surface area contributed by atoms with Crippen LogP contribution in [0.15, 0.2) is 17.2 Å². The molecule has 78 valence electrons. The second-order valence-electron chi connectivity index (χ2n) is 2.28. The average molecular weight is 246 g/mol. The van der Waals surface area contributed by atoms with E-state index in [1.54, 1.807) is 0 Å². The molecule has 0 N–H and O–H groups in total. The van der Waals surface area contributed by atoms with Gasteiger partial charge in [-0.25, -0.2) is 21.6 Å². The number of halogens is 4. The Morgan fingerprint density at radius 2 is 2.00 bits per heavy atom. The minimum atomic E-state index is -4.14. The fourth-order valence-corrected chi connectivity index (χ4v) is 1.40. The van der Waals surface area contributed by atoms with Crippen LogP contribution in [0.5, 0.6) is 0 Å². The number of hydrogen-bond acceptors (Lipinski definition) is 3. The fourth-order valence-electron chi connectivity index (χ4n) is 0.725. The third kappa shape index (κ3) is 2.36. The largest absolute Gasteiger partial charge is 0.283 e. The normalized spacial score (nSPS) is 12.1. The molecule has 0 aliphatic heterocycles. The van der Waals surface area contributed by atoms with Crippen LogP contribution in [-0.4, -0.2) is 13.4 Å². The first-order valence-corrected chi connectivity index (χ1v) is 5.51. The molecular weight excluding hydrogens is 243 g/mol. The van der Waals surface area contributed by atoms with Gasteiger partial charge in [0.05, 0.1) is 0 Å². The van der Waals surface area contributed by atoms with Crippen LogP contribution in [0.3, 0.4) is 0 Å². The molecule has 0 radical (unpaired) electrons. The van der Waals surface area contributed by atoms with Crippen LogP contribution < -0.4 is 0 Å². The summed E-state index contributed by atoms with van der Waals surface area (Å²) in [5, 5.41) is 0. The summed E-state index contributed by atoms with van der Waals surface area (Å²) < 4.78 is 58.0. The maximum Gasteiger partial charge on any atom is 0.283 e. The van der Waals surface area contributed by atoms with Crippen molar-refractivity contribution in [1.82, 2.24) is 4.98 Å². The van der Waals surface area contributed by atoms with Crippen molar-refractivity contribution in [3.05, 3.63) is 23.8 Å². The van der Waals surface area contributed by atoms with Crippen molar-refractivity contribution in [3.8, 4) is 0 Å². The summed E-state index contributed by atoms with van der Waals surface area (Å²) in [5.74, 6) is -1.40. The predicted molar refractivity (Wildman–Crippen MR) is 42.2 cm³/mol. The summed E-state index contributed by atoms with van der Waals surface area (Å²) >= 11 is 0. The number of hydrogen-bond donors (Lipinski definition) is 0. The van der Waals surface area contributed by atoms with Crippen molar-refractivity contribution < 1.29 is 21.6 Å². The number of alkyl halides is 2. The zero-order valence-corrected chi connectivity index (χ0v) is 7.99. The van der Waals surface area contributed by atoms with Crippen molar-refractivity contribution >= 4 is 19.7 Å². The van der Waals surface area contributed by atoms with E-state index in [0.29, 0.717) is 12.3 Å². The first-order chi connectivity index (χ1) is 6.32. The summed E-state index contributed by atoms with van der Waals surface area (Å²) in [6.07, 6.45) is -2.52. The molecular formula is C6H3ClF3NO2S. The molecule has 1 aromatic rings. The van der Waals surface area contributed by atoms with Crippen molar-refractivity contribution in [2.75, 3.05) is 0 Å². The summed E-state index contributed by atoms with van der Waals surface area (Å²) in [4.78, 5) is 2.30. The van der Waals surface area contributed by atoms with Gasteiger partial charge in [-0.1, -0.05) is 0 Å². The third-order valence-corrected chi connectivity index (χ3v) is 2.65. The molecule has 0 aromatic carbocycles. The fraction of sp³-hybridized carbons (Fsp3) is 0.167. The van der Waals surface area contributed by atoms with Crippen molar-refractivity contribution in [1.29, 1.82) is 0 Å². The monoisotopic (exact) mass is 245 g/mol. The molecule has 0 unspecified atom stereocenters. The van der Waals surface area contributed by atoms with Gasteiger partial charge in [0.25, 0.3) is 15.5 Å². The van der Waals surface area contributed by atoms with Gasteiger partial charge >= 0.3 is 0 Å². The quantitative estimate of drug-likeness (QED) is 0.750. The molecule has 0 spiro atoms. The molecule has 1 aromatic heterocycles. The van der Waals surface area contributed by atoms with Crippen LogP contribution in [0.1, 0.15) is 12.1 Å². The highest BCUT2D eigenvalue weighted by molar-refractivity contribution is 8.13. The molecule has 0 fully saturated rings. The van der Waals surface area contributed by atoms with E-state index in [9.17, 15) is 21.6 Å². The van der Waals surface area contributed by atoms with Gasteiger partial charge < -0.3 is 0 Å². The lowest BCUT2D eigenvalue weighted by molar-refractivity contribution is 0.140. The Morgan fingerprint density at radius 1 is 1.43 bits per heavy atom. The molecule has 0 bridgehead atoms. The molecule has 0 saturated heterocycles. The van der Waals surface area contributed by atoms with Gasteiger partial charge in [-0.05, 0) is 6.07 Å². The summed E-state index contributed by atoms with van der Waals surface area (Å²) in [6, 6.07) is 0.400. The summed E-state index contributed by atoms with van der Waals surface area (Å²) in [6.45, 7) is 0. The summed E-state index contributed by atoms with van der Waals surface area (Å²) in [5.41, 5.74) is -1.10. The molecule has 1 heterocycles. The van der Waals surface area contributed by atoms with Crippen LogP contribution in [0.4, 0.5) is 13.2 Å². The van der Waals surface area contributed by atoms with Crippen molar-refractivity contribution in [2.24, 2.45) is 0 Å². The standard InChI is InChI=1S/C6H3ClF3NO2S/c7-14(12,13)3-1-4(8)5(6(9)10)11-2-3/h1-2,6H. The highest BCUT2D eigenvalue weighted by Crippen LogP contribution is 2.22. The third-order valence-electron chi connectivity index (χ3n) is 1.33. The topological polar surface area (TPSA) is 47.0 Å². The van der Waals surface area contributed by atoms with Crippen molar-refractivity contribution in [3.63, 3.8) is 0 Å². The maximum atomic E-state index is 12.8. The second kappa shape index (κ2) is 3.74. The maximum absolute atomic E-state index is 12.8. The Bertz CT molecular complexity index is 448. The minimum Gasteiger partial charge on any atom is -0.251 e. The van der Waals surface area contributed by atoms with E-state index < -0.39 is 31.9 Å². The van der Waals surface area contributed by atoms with Crippen LogP contribution in [0, 0.1) is 5.82 Å². The Labute approximate surface area is 81.9 Å². The Kier molecular flexibility index (Phi) is 3.01. The number of pyridine rings is 1. The van der Waals surface area contributed by atoms with Crippen LogP contribution in [-0.2, 0) is 9.05 Å². The predicted octanol–water partition coefficient (Wildman–Crippen LogP) is 2.09. The first kappa shape index (κ1) is 11.3. The van der Waals surface area contributed by atoms with E-state index >= 15 is 0 Å². The van der Waals surface area contributed by atoms with Gasteiger partial charge in [-0.2, -0.15) is 0 Å². The van der Waals surface area contributed by atoms with E-state index in [4.69, 9.17) is 10.7 Å². The lowest BCUT2D eigenvalue weighted by atomic mass is 10.3. The molecule has 0 amide bonds. The molecule has 8 heteroatoms. The van der Waals surface area contributed by atoms with Crippen LogP contribution >= 0.6 is 10.7 Å². The van der Waals surface area contributed by atoms with Gasteiger partial charge in [0, 0.05) is 16.9 Å². The lowest BCUT2D eigenvalue weighted by Gasteiger charge is -2.01. The SMILES string of the molecule is O=S(=O)(Cl)c1cnc(C(F)F)c(F)c1. The molecule has 1 rings (SSSR count). The summed E-state index contributed by atoms with van der Waals surface area (Å²) in [7, 11) is 0.698. The van der Waals surface area contributed by atoms with Crippen LogP contribution in [0.25, 0.3) is 0 Å². The Hall–Kier alpha value is -0.820. The minimum absolute atomic E-state index is 0.400. The first-order valence-electron chi connectivity index (χ1n) is 3.20. The highest BCUT2D eigenvalue weighted by atomic mass is 35.7. The molecule has 0 atom stereocenters. The number of aromatic nitrogens is 1. The molecule has 14 heavy (non-hydrogen) atoms. The smallest absolute Gasteiger partial charge is 0.251 e. The molecule has 3 nitrogen and oxygen atoms in total. The Balaban J connectivity index is 3.27. The number of rotatable bonds is 2. The second-order valence-corrected chi connectivity index (χ2v) is 4.84.